The fraction of sp³-hybridized carbons (Fsp3) is 0.111. The predicted octanol–water partition coefficient (Wildman–Crippen LogP) is 5.08. The summed E-state index contributed by atoms with van der Waals surface area (Å²) in [5.74, 6) is 1.09. The summed E-state index contributed by atoms with van der Waals surface area (Å²) in [6.07, 6.45) is 11.1. The smallest absolute Gasteiger partial charge is 0.225 e. The summed E-state index contributed by atoms with van der Waals surface area (Å²) in [5, 5.41) is 11.0. The minimum absolute atomic E-state index is 0.0795. The zero-order valence-electron chi connectivity index (χ0n) is 19.9. The molecule has 5 aromatic rings. The summed E-state index contributed by atoms with van der Waals surface area (Å²) in [6, 6.07) is 9.56. The van der Waals surface area contributed by atoms with Gasteiger partial charge in [-0.3, -0.25) is 14.9 Å². The minimum Gasteiger partial charge on any atom is -0.340 e. The van der Waals surface area contributed by atoms with Crippen molar-refractivity contribution in [3.63, 3.8) is 0 Å². The van der Waals surface area contributed by atoms with Crippen LogP contribution in [0.3, 0.4) is 0 Å². The van der Waals surface area contributed by atoms with E-state index in [9.17, 15) is 4.79 Å². The third-order valence-corrected chi connectivity index (χ3v) is 5.73. The number of fused-ring (bicyclic) bond motifs is 1. The lowest BCUT2D eigenvalue weighted by atomic mass is 10.0. The zero-order chi connectivity index (χ0) is 25.1. The SMILES string of the molecule is C=C/C=C(/c1cccnc1)c1nc(-c2[nH]nc3ncc(-c4ccc(NC(=O)CC)nc4)cc23)[nH]c1C. The molecule has 0 fully saturated rings. The van der Waals surface area contributed by atoms with Gasteiger partial charge in [0.05, 0.1) is 11.1 Å². The summed E-state index contributed by atoms with van der Waals surface area (Å²) in [6.45, 7) is 7.63. The summed E-state index contributed by atoms with van der Waals surface area (Å²) >= 11 is 0. The molecular weight excluding hydrogens is 452 g/mol. The number of H-pyrrole nitrogens is 2. The molecule has 0 aliphatic carbocycles. The number of pyridine rings is 3. The van der Waals surface area contributed by atoms with E-state index in [0.717, 1.165) is 44.7 Å². The second kappa shape index (κ2) is 9.75. The third kappa shape index (κ3) is 4.41. The highest BCUT2D eigenvalue weighted by Crippen LogP contribution is 2.31. The molecule has 0 saturated heterocycles. The van der Waals surface area contributed by atoms with Gasteiger partial charge in [-0.25, -0.2) is 15.0 Å². The molecule has 1 amide bonds. The van der Waals surface area contributed by atoms with Gasteiger partial charge in [0, 0.05) is 59.2 Å². The fourth-order valence-corrected chi connectivity index (χ4v) is 3.90. The Hall–Kier alpha value is -4.92. The van der Waals surface area contributed by atoms with Gasteiger partial charge < -0.3 is 10.3 Å². The van der Waals surface area contributed by atoms with Crippen LogP contribution in [0.1, 0.15) is 30.3 Å². The Morgan fingerprint density at radius 1 is 1.14 bits per heavy atom. The van der Waals surface area contributed by atoms with Crippen LogP contribution in [0.2, 0.25) is 0 Å². The average Bonchev–Trinajstić information content (AvgIpc) is 3.51. The minimum atomic E-state index is -0.0795. The molecule has 0 bridgehead atoms. The first-order valence-electron chi connectivity index (χ1n) is 11.5. The molecule has 0 aliphatic heterocycles. The topological polar surface area (TPSA) is 125 Å². The van der Waals surface area contributed by atoms with Gasteiger partial charge in [0.1, 0.15) is 11.5 Å². The van der Waals surface area contributed by atoms with Gasteiger partial charge in [0.25, 0.3) is 0 Å². The largest absolute Gasteiger partial charge is 0.340 e. The number of amides is 1. The van der Waals surface area contributed by atoms with E-state index in [-0.39, 0.29) is 5.91 Å². The molecule has 9 heteroatoms. The van der Waals surface area contributed by atoms with Crippen LogP contribution in [-0.4, -0.2) is 41.0 Å². The Bertz CT molecular complexity index is 1580. The van der Waals surface area contributed by atoms with Crippen molar-refractivity contribution in [1.29, 1.82) is 0 Å². The number of anilines is 1. The van der Waals surface area contributed by atoms with Crippen molar-refractivity contribution >= 4 is 28.3 Å². The number of hydrogen-bond acceptors (Lipinski definition) is 6. The number of hydrogen-bond donors (Lipinski definition) is 3. The Morgan fingerprint density at radius 2 is 2.00 bits per heavy atom. The quantitative estimate of drug-likeness (QED) is 0.281. The third-order valence-electron chi connectivity index (χ3n) is 5.73. The number of aromatic nitrogens is 7. The van der Waals surface area contributed by atoms with E-state index in [1.54, 1.807) is 43.9 Å². The van der Waals surface area contributed by atoms with E-state index >= 15 is 0 Å². The molecule has 0 aromatic carbocycles. The van der Waals surface area contributed by atoms with Crippen molar-refractivity contribution in [2.24, 2.45) is 0 Å². The second-order valence-electron chi connectivity index (χ2n) is 8.14. The summed E-state index contributed by atoms with van der Waals surface area (Å²) in [7, 11) is 0. The number of rotatable bonds is 7. The van der Waals surface area contributed by atoms with E-state index in [1.165, 1.54) is 0 Å². The number of nitrogens with one attached hydrogen (secondary N) is 3. The maximum Gasteiger partial charge on any atom is 0.225 e. The Morgan fingerprint density at radius 3 is 2.72 bits per heavy atom. The molecule has 178 valence electrons. The summed E-state index contributed by atoms with van der Waals surface area (Å²) in [4.78, 5) is 33.0. The molecule has 5 aromatic heterocycles. The van der Waals surface area contributed by atoms with E-state index in [4.69, 9.17) is 4.98 Å². The monoisotopic (exact) mass is 476 g/mol. The maximum atomic E-state index is 11.6. The van der Waals surface area contributed by atoms with Crippen LogP contribution < -0.4 is 5.32 Å². The molecule has 3 N–H and O–H groups in total. The van der Waals surface area contributed by atoms with Crippen molar-refractivity contribution < 1.29 is 4.79 Å². The van der Waals surface area contributed by atoms with Crippen LogP contribution in [0, 0.1) is 6.92 Å². The van der Waals surface area contributed by atoms with Gasteiger partial charge in [-0.15, -0.1) is 0 Å². The van der Waals surface area contributed by atoms with Gasteiger partial charge in [-0.2, -0.15) is 5.10 Å². The van der Waals surface area contributed by atoms with Crippen LogP contribution in [0.15, 0.2) is 73.9 Å². The van der Waals surface area contributed by atoms with E-state index < -0.39 is 0 Å². The fourth-order valence-electron chi connectivity index (χ4n) is 3.90. The van der Waals surface area contributed by atoms with Crippen LogP contribution in [0.4, 0.5) is 5.82 Å². The van der Waals surface area contributed by atoms with Gasteiger partial charge in [-0.1, -0.05) is 31.7 Å². The zero-order valence-corrected chi connectivity index (χ0v) is 19.9. The van der Waals surface area contributed by atoms with E-state index in [2.05, 4.69) is 42.0 Å². The van der Waals surface area contributed by atoms with Crippen molar-refractivity contribution in [2.45, 2.75) is 20.3 Å². The highest BCUT2D eigenvalue weighted by molar-refractivity contribution is 5.93. The van der Waals surface area contributed by atoms with Gasteiger partial charge in [0.2, 0.25) is 5.91 Å². The number of imidazole rings is 1. The molecule has 5 rings (SSSR count). The summed E-state index contributed by atoms with van der Waals surface area (Å²) in [5.41, 5.74) is 6.63. The number of nitrogens with zero attached hydrogens (tertiary/aromatic N) is 5. The standard InChI is InChI=1S/C27H24N8O/c1-4-7-20(18-8-6-11-28-13-18)24-16(3)31-27(33-24)25-21-12-19(15-30-26(21)35-34-25)17-9-10-22(29-14-17)32-23(36)5-2/h4,6-15H,1,5H2,2-3H3,(H,31,33)(H,29,32,36)(H,30,34,35)/b20-7-. The highest BCUT2D eigenvalue weighted by Gasteiger charge is 2.18. The molecule has 0 atom stereocenters. The molecule has 0 spiro atoms. The lowest BCUT2D eigenvalue weighted by Gasteiger charge is -2.05. The number of aryl methyl sites for hydroxylation is 1. The molecule has 0 unspecified atom stereocenters. The first-order chi connectivity index (χ1) is 17.6. The average molecular weight is 477 g/mol. The van der Waals surface area contributed by atoms with Crippen LogP contribution in [0.25, 0.3) is 39.3 Å². The van der Waals surface area contributed by atoms with E-state index in [0.29, 0.717) is 23.7 Å². The molecule has 0 saturated carbocycles. The first kappa shape index (κ1) is 22.9. The van der Waals surface area contributed by atoms with Crippen LogP contribution in [0.5, 0.6) is 0 Å². The number of allylic oxidation sites excluding steroid dienone is 2. The maximum absolute atomic E-state index is 11.6. The van der Waals surface area contributed by atoms with E-state index in [1.807, 2.05) is 37.3 Å². The summed E-state index contributed by atoms with van der Waals surface area (Å²) < 4.78 is 0. The molecule has 36 heavy (non-hydrogen) atoms. The molecular formula is C27H24N8O. The van der Waals surface area contributed by atoms with Crippen molar-refractivity contribution in [3.8, 4) is 22.6 Å². The lowest BCUT2D eigenvalue weighted by Crippen LogP contribution is -2.10. The number of carbonyl (C=O) groups excluding carboxylic acids is 1. The number of carbonyl (C=O) groups is 1. The highest BCUT2D eigenvalue weighted by atomic mass is 16.1. The number of aromatic amines is 2. The normalized spacial score (nSPS) is 11.6. The van der Waals surface area contributed by atoms with Crippen LogP contribution in [-0.2, 0) is 4.79 Å². The Balaban J connectivity index is 1.52. The Kier molecular flexibility index (Phi) is 6.19. The van der Waals surface area contributed by atoms with Gasteiger partial charge >= 0.3 is 0 Å². The van der Waals surface area contributed by atoms with Gasteiger partial charge in [0.15, 0.2) is 11.5 Å². The van der Waals surface area contributed by atoms with Gasteiger partial charge in [-0.05, 0) is 31.2 Å². The van der Waals surface area contributed by atoms with Crippen molar-refractivity contribution in [2.75, 3.05) is 5.32 Å². The molecule has 0 radical (unpaired) electrons. The Labute approximate surface area is 207 Å². The predicted molar refractivity (Wildman–Crippen MR) is 140 cm³/mol. The molecule has 0 aliphatic rings. The lowest BCUT2D eigenvalue weighted by molar-refractivity contribution is -0.115. The molecule has 9 nitrogen and oxygen atoms in total. The second-order valence-corrected chi connectivity index (χ2v) is 8.14. The van der Waals surface area contributed by atoms with Crippen LogP contribution >= 0.6 is 0 Å². The molecule has 5 heterocycles. The van der Waals surface area contributed by atoms with Crippen molar-refractivity contribution in [3.05, 3.63) is 90.8 Å². The first-order valence-corrected chi connectivity index (χ1v) is 11.5. The van der Waals surface area contributed by atoms with Crippen molar-refractivity contribution in [1.82, 2.24) is 35.1 Å².